The van der Waals surface area contributed by atoms with Crippen LogP contribution in [-0.4, -0.2) is 28.5 Å². The van der Waals surface area contributed by atoms with Gasteiger partial charge in [0.15, 0.2) is 23.0 Å². The molecule has 2 aromatic heterocycles. The topological polar surface area (TPSA) is 102 Å². The van der Waals surface area contributed by atoms with Gasteiger partial charge in [0.25, 0.3) is 5.91 Å². The van der Waals surface area contributed by atoms with Crippen molar-refractivity contribution < 1.29 is 33.0 Å². The minimum absolute atomic E-state index is 0.0343. The van der Waals surface area contributed by atoms with Gasteiger partial charge in [-0.05, 0) is 42.0 Å². The van der Waals surface area contributed by atoms with E-state index in [0.29, 0.717) is 22.8 Å². The average Bonchev–Trinajstić information content (AvgIpc) is 3.61. The summed E-state index contributed by atoms with van der Waals surface area (Å²) >= 11 is 0. The Kier molecular flexibility index (Phi) is 4.26. The highest BCUT2D eigenvalue weighted by Crippen LogP contribution is 2.41. The van der Waals surface area contributed by atoms with Crippen LogP contribution in [0.25, 0.3) is 11.0 Å². The molecule has 164 valence electrons. The van der Waals surface area contributed by atoms with Gasteiger partial charge in [0.2, 0.25) is 12.6 Å². The van der Waals surface area contributed by atoms with Gasteiger partial charge in [0.05, 0.1) is 11.8 Å². The van der Waals surface area contributed by atoms with Crippen molar-refractivity contribution in [2.45, 2.75) is 12.6 Å². The first-order chi connectivity index (χ1) is 16.1. The second-order valence-electron chi connectivity index (χ2n) is 7.78. The van der Waals surface area contributed by atoms with E-state index in [9.17, 15) is 14.7 Å². The summed E-state index contributed by atoms with van der Waals surface area (Å²) in [7, 11) is 0. The predicted octanol–water partition coefficient (Wildman–Crippen LogP) is 4.53. The molecule has 0 aliphatic carbocycles. The zero-order chi connectivity index (χ0) is 22.5. The molecule has 0 bridgehead atoms. The molecule has 8 nitrogen and oxygen atoms in total. The molecule has 0 saturated carbocycles. The minimum atomic E-state index is -0.918. The number of fused-ring (bicyclic) bond motifs is 2. The molecule has 1 unspecified atom stereocenters. The Morgan fingerprint density at radius 3 is 2.70 bits per heavy atom. The second kappa shape index (κ2) is 7.30. The fourth-order valence-corrected chi connectivity index (χ4v) is 4.25. The number of amides is 1. The maximum atomic E-state index is 13.5. The van der Waals surface area contributed by atoms with E-state index in [4.69, 9.17) is 18.3 Å². The fourth-order valence-electron chi connectivity index (χ4n) is 4.25. The number of aliphatic hydroxyl groups is 1. The van der Waals surface area contributed by atoms with Crippen molar-refractivity contribution in [2.24, 2.45) is 0 Å². The van der Waals surface area contributed by atoms with Crippen molar-refractivity contribution in [3.63, 3.8) is 0 Å². The van der Waals surface area contributed by atoms with Gasteiger partial charge in [0, 0.05) is 11.9 Å². The van der Waals surface area contributed by atoms with E-state index < -0.39 is 23.5 Å². The van der Waals surface area contributed by atoms with E-state index in [1.165, 1.54) is 11.2 Å². The molecular weight excluding hydrogens is 426 g/mol. The van der Waals surface area contributed by atoms with Crippen LogP contribution in [0.1, 0.15) is 27.9 Å². The lowest BCUT2D eigenvalue weighted by Gasteiger charge is -2.24. The summed E-state index contributed by atoms with van der Waals surface area (Å²) in [5.41, 5.74) is 1.20. The molecule has 33 heavy (non-hydrogen) atoms. The van der Waals surface area contributed by atoms with E-state index in [1.807, 2.05) is 12.1 Å². The van der Waals surface area contributed by atoms with Gasteiger partial charge in [-0.3, -0.25) is 9.59 Å². The van der Waals surface area contributed by atoms with Crippen LogP contribution in [0.15, 0.2) is 87.1 Å². The van der Waals surface area contributed by atoms with Crippen molar-refractivity contribution in [3.8, 4) is 11.5 Å². The van der Waals surface area contributed by atoms with E-state index in [2.05, 4.69) is 0 Å². The van der Waals surface area contributed by atoms with E-state index in [1.54, 1.807) is 48.5 Å². The Labute approximate surface area is 187 Å². The van der Waals surface area contributed by atoms with E-state index in [-0.39, 0.29) is 24.7 Å². The molecule has 4 heterocycles. The van der Waals surface area contributed by atoms with Crippen molar-refractivity contribution in [1.29, 1.82) is 0 Å². The number of aliphatic hydroxyl groups excluding tert-OH is 1. The highest BCUT2D eigenvalue weighted by atomic mass is 16.7. The molecule has 1 atom stereocenters. The Morgan fingerprint density at radius 2 is 1.88 bits per heavy atom. The van der Waals surface area contributed by atoms with Gasteiger partial charge < -0.3 is 28.3 Å². The molecule has 8 heteroatoms. The highest BCUT2D eigenvalue weighted by Gasteiger charge is 2.46. The SMILES string of the molecule is O=C(C1=C(O)C(=O)N(Cc2ccc3c(c2)OCO3)C1c1ccco1)c1cc2ccccc2o1. The van der Waals surface area contributed by atoms with Crippen molar-refractivity contribution >= 4 is 22.7 Å². The summed E-state index contributed by atoms with van der Waals surface area (Å²) in [6.07, 6.45) is 1.46. The number of carbonyl (C=O) groups is 2. The third-order valence-corrected chi connectivity index (χ3v) is 5.80. The minimum Gasteiger partial charge on any atom is -0.503 e. The van der Waals surface area contributed by atoms with E-state index >= 15 is 0 Å². The number of ketones is 1. The van der Waals surface area contributed by atoms with E-state index in [0.717, 1.165) is 10.9 Å². The highest BCUT2D eigenvalue weighted by molar-refractivity contribution is 6.15. The van der Waals surface area contributed by atoms with Gasteiger partial charge >= 0.3 is 0 Å². The fraction of sp³-hybridized carbons (Fsp3) is 0.120. The largest absolute Gasteiger partial charge is 0.503 e. The molecule has 0 radical (unpaired) electrons. The number of rotatable bonds is 5. The lowest BCUT2D eigenvalue weighted by Crippen LogP contribution is -2.30. The lowest BCUT2D eigenvalue weighted by atomic mass is 9.99. The van der Waals surface area contributed by atoms with Crippen LogP contribution in [0.2, 0.25) is 0 Å². The predicted molar refractivity (Wildman–Crippen MR) is 115 cm³/mol. The summed E-state index contributed by atoms with van der Waals surface area (Å²) in [4.78, 5) is 28.0. The standard InChI is InChI=1S/C25H17NO7/c27-23(20-11-15-4-1-2-5-16(15)33-20)21-22(18-6-3-9-30-18)26(25(29)24(21)28)12-14-7-8-17-19(10-14)32-13-31-17/h1-11,22,28H,12-13H2. The third kappa shape index (κ3) is 3.07. The first kappa shape index (κ1) is 19.2. The third-order valence-electron chi connectivity index (χ3n) is 5.80. The molecular formula is C25H17NO7. The molecule has 4 aromatic rings. The van der Waals surface area contributed by atoms with Crippen molar-refractivity contribution in [3.05, 3.63) is 95.3 Å². The van der Waals surface area contributed by atoms with Crippen LogP contribution < -0.4 is 9.47 Å². The zero-order valence-corrected chi connectivity index (χ0v) is 17.2. The monoisotopic (exact) mass is 443 g/mol. The van der Waals surface area contributed by atoms with Crippen LogP contribution in [0.3, 0.4) is 0 Å². The first-order valence-corrected chi connectivity index (χ1v) is 10.3. The summed E-state index contributed by atoms with van der Waals surface area (Å²) in [6.45, 7) is 0.247. The van der Waals surface area contributed by atoms with Crippen molar-refractivity contribution in [1.82, 2.24) is 4.90 Å². The molecule has 0 fully saturated rings. The summed E-state index contributed by atoms with van der Waals surface area (Å²) in [5.74, 6) is -0.289. The zero-order valence-electron chi connectivity index (χ0n) is 17.2. The summed E-state index contributed by atoms with van der Waals surface area (Å²) < 4.78 is 22.0. The number of ether oxygens (including phenoxy) is 2. The number of para-hydroxylation sites is 1. The first-order valence-electron chi connectivity index (χ1n) is 10.3. The second-order valence-corrected chi connectivity index (χ2v) is 7.78. The normalized spacial score (nSPS) is 17.4. The number of benzene rings is 2. The summed E-state index contributed by atoms with van der Waals surface area (Å²) in [5, 5.41) is 11.5. The Balaban J connectivity index is 1.39. The van der Waals surface area contributed by atoms with Crippen LogP contribution >= 0.6 is 0 Å². The molecule has 6 rings (SSSR count). The quantitative estimate of drug-likeness (QED) is 0.452. The van der Waals surface area contributed by atoms with Gasteiger partial charge in [-0.15, -0.1) is 0 Å². The van der Waals surface area contributed by atoms with Gasteiger partial charge in [-0.2, -0.15) is 0 Å². The number of Topliss-reactive ketones (excluding diaryl/α,β-unsaturated/α-hetero) is 1. The Morgan fingerprint density at radius 1 is 1.03 bits per heavy atom. The molecule has 2 aliphatic rings. The Bertz CT molecular complexity index is 1400. The number of furan rings is 2. The summed E-state index contributed by atoms with van der Waals surface area (Å²) in [6, 6.07) is 16.5. The van der Waals surface area contributed by atoms with Crippen molar-refractivity contribution in [2.75, 3.05) is 6.79 Å². The molecule has 1 N–H and O–H groups in total. The van der Waals surface area contributed by atoms with Gasteiger partial charge in [0.1, 0.15) is 17.4 Å². The smallest absolute Gasteiger partial charge is 0.290 e. The molecule has 0 spiro atoms. The molecule has 1 amide bonds. The maximum Gasteiger partial charge on any atom is 0.290 e. The molecule has 0 saturated heterocycles. The molecule has 2 aliphatic heterocycles. The number of hydrogen-bond acceptors (Lipinski definition) is 7. The number of hydrogen-bond donors (Lipinski definition) is 1. The number of carbonyl (C=O) groups excluding carboxylic acids is 2. The van der Waals surface area contributed by atoms with Crippen LogP contribution in [0.4, 0.5) is 0 Å². The van der Waals surface area contributed by atoms with Crippen LogP contribution in [0.5, 0.6) is 11.5 Å². The average molecular weight is 443 g/mol. The van der Waals surface area contributed by atoms with Gasteiger partial charge in [-0.1, -0.05) is 24.3 Å². The van der Waals surface area contributed by atoms with Gasteiger partial charge in [-0.25, -0.2) is 0 Å². The molecule has 2 aromatic carbocycles. The van der Waals surface area contributed by atoms with Crippen LogP contribution in [0, 0.1) is 0 Å². The lowest BCUT2D eigenvalue weighted by molar-refractivity contribution is -0.130. The Hall–Kier alpha value is -4.46. The maximum absolute atomic E-state index is 13.5. The number of nitrogens with zero attached hydrogens (tertiary/aromatic N) is 1. The van der Waals surface area contributed by atoms with Crippen LogP contribution in [-0.2, 0) is 11.3 Å².